The van der Waals surface area contributed by atoms with Crippen molar-refractivity contribution in [3.63, 3.8) is 0 Å². The summed E-state index contributed by atoms with van der Waals surface area (Å²) in [6.07, 6.45) is 1.75. The molecule has 1 aliphatic heterocycles. The van der Waals surface area contributed by atoms with Crippen molar-refractivity contribution >= 4 is 11.9 Å². The normalized spacial score (nSPS) is 19.1. The molecule has 0 aromatic carbocycles. The van der Waals surface area contributed by atoms with E-state index in [9.17, 15) is 9.59 Å². The Morgan fingerprint density at radius 2 is 2.53 bits per heavy atom. The second-order valence-electron chi connectivity index (χ2n) is 3.84. The molecule has 17 heavy (non-hydrogen) atoms. The molecule has 2 rings (SSSR count). The summed E-state index contributed by atoms with van der Waals surface area (Å²) in [7, 11) is 1.33. The molecule has 1 amide bonds. The Kier molecular flexibility index (Phi) is 3.27. The van der Waals surface area contributed by atoms with Crippen LogP contribution in [-0.4, -0.2) is 42.3 Å². The monoisotopic (exact) mass is 238 g/mol. The van der Waals surface area contributed by atoms with Crippen molar-refractivity contribution < 1.29 is 9.53 Å². The number of amides is 1. The molecule has 1 unspecified atom stereocenters. The van der Waals surface area contributed by atoms with Gasteiger partial charge in [-0.05, 0) is 6.42 Å². The Labute approximate surface area is 97.8 Å². The van der Waals surface area contributed by atoms with Crippen molar-refractivity contribution in [2.75, 3.05) is 25.1 Å². The molecule has 0 radical (unpaired) electrons. The van der Waals surface area contributed by atoms with Crippen LogP contribution in [0.25, 0.3) is 0 Å². The molecular formula is C10H14N4O3. The SMILES string of the molecule is COC(=O)NC1CCN(c2cc(=O)[nH]cn2)C1. The Bertz CT molecular complexity index is 459. The minimum absolute atomic E-state index is 0.0311. The van der Waals surface area contributed by atoms with E-state index in [1.165, 1.54) is 19.5 Å². The molecular weight excluding hydrogens is 224 g/mol. The lowest BCUT2D eigenvalue weighted by molar-refractivity contribution is 0.167. The molecule has 1 aromatic heterocycles. The van der Waals surface area contributed by atoms with Gasteiger partial charge in [-0.1, -0.05) is 0 Å². The molecule has 0 bridgehead atoms. The van der Waals surface area contributed by atoms with Crippen molar-refractivity contribution in [2.24, 2.45) is 0 Å². The first-order valence-corrected chi connectivity index (χ1v) is 5.33. The third-order valence-electron chi connectivity index (χ3n) is 2.68. The molecule has 1 aliphatic rings. The fourth-order valence-corrected chi connectivity index (χ4v) is 1.84. The number of ether oxygens (including phenoxy) is 1. The van der Waals surface area contributed by atoms with E-state index in [0.717, 1.165) is 13.0 Å². The first-order valence-electron chi connectivity index (χ1n) is 5.33. The summed E-state index contributed by atoms with van der Waals surface area (Å²) in [5.41, 5.74) is -0.181. The van der Waals surface area contributed by atoms with Crippen LogP contribution in [0.5, 0.6) is 0 Å². The van der Waals surface area contributed by atoms with Crippen LogP contribution in [0.3, 0.4) is 0 Å². The number of carbonyl (C=O) groups is 1. The van der Waals surface area contributed by atoms with Crippen LogP contribution in [-0.2, 0) is 4.74 Å². The summed E-state index contributed by atoms with van der Waals surface area (Å²) >= 11 is 0. The predicted molar refractivity (Wildman–Crippen MR) is 61.0 cm³/mol. The van der Waals surface area contributed by atoms with Crippen molar-refractivity contribution in [2.45, 2.75) is 12.5 Å². The number of aromatic nitrogens is 2. The summed E-state index contributed by atoms with van der Waals surface area (Å²) in [6.45, 7) is 1.39. The zero-order valence-corrected chi connectivity index (χ0v) is 9.47. The molecule has 1 aromatic rings. The number of aromatic amines is 1. The van der Waals surface area contributed by atoms with Gasteiger partial charge in [0.25, 0.3) is 5.56 Å². The Morgan fingerprint density at radius 1 is 1.71 bits per heavy atom. The van der Waals surface area contributed by atoms with Gasteiger partial charge in [-0.25, -0.2) is 9.78 Å². The van der Waals surface area contributed by atoms with Crippen LogP contribution >= 0.6 is 0 Å². The van der Waals surface area contributed by atoms with Crippen LogP contribution in [0.4, 0.5) is 10.6 Å². The summed E-state index contributed by atoms with van der Waals surface area (Å²) in [4.78, 5) is 30.7. The molecule has 0 spiro atoms. The van der Waals surface area contributed by atoms with Crippen LogP contribution in [0.1, 0.15) is 6.42 Å². The maximum atomic E-state index is 11.1. The van der Waals surface area contributed by atoms with Gasteiger partial charge in [0.1, 0.15) is 5.82 Å². The van der Waals surface area contributed by atoms with E-state index in [2.05, 4.69) is 20.0 Å². The van der Waals surface area contributed by atoms with E-state index >= 15 is 0 Å². The Balaban J connectivity index is 1.98. The molecule has 2 N–H and O–H groups in total. The second-order valence-corrected chi connectivity index (χ2v) is 3.84. The predicted octanol–water partition coefficient (Wildman–Crippen LogP) is -0.295. The molecule has 0 aliphatic carbocycles. The number of H-pyrrole nitrogens is 1. The molecule has 1 fully saturated rings. The van der Waals surface area contributed by atoms with Crippen LogP contribution in [0.15, 0.2) is 17.2 Å². The van der Waals surface area contributed by atoms with Gasteiger partial charge in [-0.2, -0.15) is 0 Å². The van der Waals surface area contributed by atoms with Gasteiger partial charge in [0.2, 0.25) is 0 Å². The topological polar surface area (TPSA) is 87.3 Å². The lowest BCUT2D eigenvalue weighted by Crippen LogP contribution is -2.37. The molecule has 0 saturated carbocycles. The van der Waals surface area contributed by atoms with Crippen LogP contribution in [0, 0.1) is 0 Å². The highest BCUT2D eigenvalue weighted by Crippen LogP contribution is 2.15. The fraction of sp³-hybridized carbons (Fsp3) is 0.500. The number of alkyl carbamates (subject to hydrolysis) is 1. The Morgan fingerprint density at radius 3 is 3.24 bits per heavy atom. The van der Waals surface area contributed by atoms with Gasteiger partial charge >= 0.3 is 6.09 Å². The minimum Gasteiger partial charge on any atom is -0.453 e. The summed E-state index contributed by atoms with van der Waals surface area (Å²) in [5.74, 6) is 0.628. The molecule has 7 nitrogen and oxygen atoms in total. The quantitative estimate of drug-likeness (QED) is 0.739. The molecule has 1 atom stereocenters. The van der Waals surface area contributed by atoms with Crippen molar-refractivity contribution in [1.82, 2.24) is 15.3 Å². The number of methoxy groups -OCH3 is 1. The number of nitrogens with one attached hydrogen (secondary N) is 2. The number of anilines is 1. The third kappa shape index (κ3) is 2.74. The van der Waals surface area contributed by atoms with E-state index in [0.29, 0.717) is 12.4 Å². The van der Waals surface area contributed by atoms with E-state index < -0.39 is 6.09 Å². The molecule has 7 heteroatoms. The van der Waals surface area contributed by atoms with E-state index in [4.69, 9.17) is 0 Å². The summed E-state index contributed by atoms with van der Waals surface area (Å²) in [6, 6.07) is 1.48. The third-order valence-corrected chi connectivity index (χ3v) is 2.68. The highest BCUT2D eigenvalue weighted by atomic mass is 16.5. The summed E-state index contributed by atoms with van der Waals surface area (Å²) < 4.78 is 4.53. The number of hydrogen-bond acceptors (Lipinski definition) is 5. The first kappa shape index (κ1) is 11.4. The zero-order valence-electron chi connectivity index (χ0n) is 9.47. The lowest BCUT2D eigenvalue weighted by Gasteiger charge is -2.16. The van der Waals surface area contributed by atoms with Crippen LogP contribution in [0.2, 0.25) is 0 Å². The second kappa shape index (κ2) is 4.86. The average molecular weight is 238 g/mol. The first-order chi connectivity index (χ1) is 8.19. The highest BCUT2D eigenvalue weighted by molar-refractivity contribution is 5.67. The van der Waals surface area contributed by atoms with Crippen LogP contribution < -0.4 is 15.8 Å². The van der Waals surface area contributed by atoms with Crippen molar-refractivity contribution in [3.05, 3.63) is 22.7 Å². The van der Waals surface area contributed by atoms with Gasteiger partial charge < -0.3 is 19.9 Å². The van der Waals surface area contributed by atoms with E-state index in [1.807, 2.05) is 4.90 Å². The number of nitrogens with zero attached hydrogens (tertiary/aromatic N) is 2. The van der Waals surface area contributed by atoms with E-state index in [-0.39, 0.29) is 11.6 Å². The average Bonchev–Trinajstić information content (AvgIpc) is 2.77. The Hall–Kier alpha value is -2.05. The molecule has 2 heterocycles. The lowest BCUT2D eigenvalue weighted by atomic mass is 10.3. The maximum Gasteiger partial charge on any atom is 0.407 e. The molecule has 1 saturated heterocycles. The fourth-order valence-electron chi connectivity index (χ4n) is 1.84. The van der Waals surface area contributed by atoms with Gasteiger partial charge in [-0.15, -0.1) is 0 Å². The standard InChI is InChI=1S/C10H14N4O3/c1-17-10(16)13-7-2-3-14(5-7)8-4-9(15)12-6-11-8/h4,6-7H,2-3,5H2,1H3,(H,13,16)(H,11,12,15). The minimum atomic E-state index is -0.435. The van der Waals surface area contributed by atoms with Crippen molar-refractivity contribution in [1.29, 1.82) is 0 Å². The highest BCUT2D eigenvalue weighted by Gasteiger charge is 2.25. The largest absolute Gasteiger partial charge is 0.453 e. The van der Waals surface area contributed by atoms with Gasteiger partial charge in [-0.3, -0.25) is 4.79 Å². The smallest absolute Gasteiger partial charge is 0.407 e. The maximum absolute atomic E-state index is 11.1. The molecule has 92 valence electrons. The zero-order chi connectivity index (χ0) is 12.3. The van der Waals surface area contributed by atoms with Gasteiger partial charge in [0.15, 0.2) is 0 Å². The van der Waals surface area contributed by atoms with Gasteiger partial charge in [0.05, 0.1) is 19.5 Å². The number of hydrogen-bond donors (Lipinski definition) is 2. The number of rotatable bonds is 2. The summed E-state index contributed by atoms with van der Waals surface area (Å²) in [5, 5.41) is 2.73. The van der Waals surface area contributed by atoms with E-state index in [1.54, 1.807) is 0 Å². The number of carbonyl (C=O) groups excluding carboxylic acids is 1. The van der Waals surface area contributed by atoms with Gasteiger partial charge in [0, 0.05) is 19.2 Å². The van der Waals surface area contributed by atoms with Crippen molar-refractivity contribution in [3.8, 4) is 0 Å².